The molecule has 0 saturated heterocycles. The molecule has 1 aromatic carbocycles. The number of pyridine rings is 1. The fraction of sp³-hybridized carbons (Fsp3) is 0.222. The van der Waals surface area contributed by atoms with Gasteiger partial charge in [0.1, 0.15) is 17.3 Å². The number of rotatable bonds is 10. The third-order valence-electron chi connectivity index (χ3n) is 3.43. The molecule has 2 aromatic rings. The molecule has 1 heterocycles. The summed E-state index contributed by atoms with van der Waals surface area (Å²) in [6.07, 6.45) is 2.70. The van der Waals surface area contributed by atoms with Gasteiger partial charge in [-0.15, -0.1) is 6.58 Å². The van der Waals surface area contributed by atoms with Gasteiger partial charge in [0.15, 0.2) is 0 Å². The number of nitrogens with zero attached hydrogens (tertiary/aromatic N) is 1. The van der Waals surface area contributed by atoms with Crippen molar-refractivity contribution < 1.29 is 27.1 Å². The number of amides is 1. The van der Waals surface area contributed by atoms with Gasteiger partial charge in [0.25, 0.3) is 5.91 Å². The second-order valence-electron chi connectivity index (χ2n) is 5.47. The predicted molar refractivity (Wildman–Crippen MR) is 101 cm³/mol. The van der Waals surface area contributed by atoms with Crippen LogP contribution in [0.1, 0.15) is 10.4 Å². The summed E-state index contributed by atoms with van der Waals surface area (Å²) in [7, 11) is -2.56. The highest BCUT2D eigenvalue weighted by molar-refractivity contribution is 7.89. The summed E-state index contributed by atoms with van der Waals surface area (Å²) in [6.45, 7) is 4.08. The van der Waals surface area contributed by atoms with Crippen LogP contribution in [0.2, 0.25) is 0 Å². The molecule has 2 rings (SSSR count). The molecular weight excluding hydrogens is 389 g/mol. The van der Waals surface area contributed by atoms with Crippen molar-refractivity contribution in [1.82, 2.24) is 9.71 Å². The fourth-order valence-electron chi connectivity index (χ4n) is 2.07. The zero-order chi connectivity index (χ0) is 20.6. The number of carbonyl (C=O) groups is 1. The van der Waals surface area contributed by atoms with Gasteiger partial charge in [-0.25, -0.2) is 22.5 Å². The second kappa shape index (κ2) is 9.93. The number of carbonyl (C=O) groups excluding carboxylic acids is 1. The Morgan fingerprint density at radius 3 is 2.71 bits per heavy atom. The first kappa shape index (κ1) is 21.5. The van der Waals surface area contributed by atoms with Crippen molar-refractivity contribution in [3.05, 3.63) is 60.6 Å². The van der Waals surface area contributed by atoms with Gasteiger partial charge in [0.2, 0.25) is 15.9 Å². The quantitative estimate of drug-likeness (QED) is 0.459. The van der Waals surface area contributed by atoms with E-state index in [1.54, 1.807) is 19.2 Å². The van der Waals surface area contributed by atoms with Gasteiger partial charge in [-0.2, -0.15) is 0 Å². The summed E-state index contributed by atoms with van der Waals surface area (Å²) < 4.78 is 50.5. The normalized spacial score (nSPS) is 11.1. The van der Waals surface area contributed by atoms with Crippen LogP contribution in [0.4, 0.5) is 10.1 Å². The lowest BCUT2D eigenvalue weighted by molar-refractivity contribution is 0.102. The first-order valence-electron chi connectivity index (χ1n) is 8.16. The van der Waals surface area contributed by atoms with Crippen molar-refractivity contribution in [3.63, 3.8) is 0 Å². The van der Waals surface area contributed by atoms with E-state index >= 15 is 0 Å². The molecule has 28 heavy (non-hydrogen) atoms. The van der Waals surface area contributed by atoms with Crippen molar-refractivity contribution in [2.24, 2.45) is 0 Å². The molecule has 1 amide bonds. The molecule has 0 fully saturated rings. The Morgan fingerprint density at radius 1 is 1.29 bits per heavy atom. The van der Waals surface area contributed by atoms with Gasteiger partial charge >= 0.3 is 0 Å². The van der Waals surface area contributed by atoms with Crippen molar-refractivity contribution >= 4 is 21.6 Å². The largest absolute Gasteiger partial charge is 0.475 e. The number of benzene rings is 1. The Hall–Kier alpha value is -2.82. The zero-order valence-corrected chi connectivity index (χ0v) is 16.0. The highest BCUT2D eigenvalue weighted by atomic mass is 32.2. The second-order valence-corrected chi connectivity index (χ2v) is 7.20. The summed E-state index contributed by atoms with van der Waals surface area (Å²) in [5, 5.41) is 2.56. The van der Waals surface area contributed by atoms with Crippen LogP contribution in [0.3, 0.4) is 0 Å². The van der Waals surface area contributed by atoms with Crippen LogP contribution in [0.5, 0.6) is 5.88 Å². The Labute approximate surface area is 162 Å². The topological polar surface area (TPSA) is 107 Å². The van der Waals surface area contributed by atoms with Crippen LogP contribution in [0.25, 0.3) is 0 Å². The van der Waals surface area contributed by atoms with Crippen molar-refractivity contribution in [3.8, 4) is 5.88 Å². The number of hydrogen-bond acceptors (Lipinski definition) is 6. The molecule has 0 spiro atoms. The van der Waals surface area contributed by atoms with Gasteiger partial charge < -0.3 is 14.8 Å². The highest BCUT2D eigenvalue weighted by Crippen LogP contribution is 2.18. The van der Waals surface area contributed by atoms with Gasteiger partial charge in [-0.3, -0.25) is 4.79 Å². The standard InChI is InChI=1S/C18H20FN3O5S/c1-3-8-21-28(24,25)16-11-13(4-6-15(16)19)18(23)22-14-5-7-17(20-12-14)27-10-9-26-2/h3-7,11-12,21H,1,8-10H2,2H3,(H,22,23). The summed E-state index contributed by atoms with van der Waals surface area (Å²) in [6, 6.07) is 6.20. The summed E-state index contributed by atoms with van der Waals surface area (Å²) in [5.41, 5.74) is 0.336. The Bertz CT molecular complexity index is 933. The molecule has 0 aliphatic carbocycles. The smallest absolute Gasteiger partial charge is 0.255 e. The Kier molecular flexibility index (Phi) is 7.61. The van der Waals surface area contributed by atoms with Crippen LogP contribution in [0, 0.1) is 5.82 Å². The first-order valence-corrected chi connectivity index (χ1v) is 9.65. The summed E-state index contributed by atoms with van der Waals surface area (Å²) >= 11 is 0. The van der Waals surface area contributed by atoms with E-state index in [4.69, 9.17) is 9.47 Å². The van der Waals surface area contributed by atoms with Crippen molar-refractivity contribution in [2.75, 3.05) is 32.2 Å². The SMILES string of the molecule is C=CCNS(=O)(=O)c1cc(C(=O)Nc2ccc(OCCOC)nc2)ccc1F. The van der Waals surface area contributed by atoms with Crippen LogP contribution < -0.4 is 14.8 Å². The third kappa shape index (κ3) is 5.84. The third-order valence-corrected chi connectivity index (χ3v) is 4.87. The molecular formula is C18H20FN3O5S. The average Bonchev–Trinajstić information content (AvgIpc) is 2.68. The number of halogens is 1. The number of ether oxygens (including phenoxy) is 2. The van der Waals surface area contributed by atoms with E-state index in [0.717, 1.165) is 12.1 Å². The number of hydrogen-bond donors (Lipinski definition) is 2. The zero-order valence-electron chi connectivity index (χ0n) is 15.1. The van der Waals surface area contributed by atoms with Crippen LogP contribution in [0.15, 0.2) is 54.1 Å². The molecule has 0 bridgehead atoms. The molecule has 0 aliphatic rings. The predicted octanol–water partition coefficient (Wildman–Crippen LogP) is 1.96. The maximum Gasteiger partial charge on any atom is 0.255 e. The van der Waals surface area contributed by atoms with E-state index in [2.05, 4.69) is 21.6 Å². The first-order chi connectivity index (χ1) is 13.4. The van der Waals surface area contributed by atoms with Gasteiger partial charge in [0.05, 0.1) is 18.5 Å². The summed E-state index contributed by atoms with van der Waals surface area (Å²) in [4.78, 5) is 15.8. The Morgan fingerprint density at radius 2 is 2.07 bits per heavy atom. The monoisotopic (exact) mass is 409 g/mol. The minimum Gasteiger partial charge on any atom is -0.475 e. The molecule has 2 N–H and O–H groups in total. The van der Waals surface area contributed by atoms with E-state index in [9.17, 15) is 17.6 Å². The lowest BCUT2D eigenvalue weighted by Crippen LogP contribution is -2.25. The minimum absolute atomic E-state index is 0.0270. The Balaban J connectivity index is 2.12. The summed E-state index contributed by atoms with van der Waals surface area (Å²) in [5.74, 6) is -1.22. The number of anilines is 1. The molecule has 0 unspecified atom stereocenters. The molecule has 0 saturated carbocycles. The maximum absolute atomic E-state index is 13.9. The fourth-order valence-corrected chi connectivity index (χ4v) is 3.17. The maximum atomic E-state index is 13.9. The van der Waals surface area contributed by atoms with Crippen LogP contribution >= 0.6 is 0 Å². The average molecular weight is 409 g/mol. The van der Waals surface area contributed by atoms with Crippen molar-refractivity contribution in [1.29, 1.82) is 0 Å². The van der Waals surface area contributed by atoms with E-state index in [-0.39, 0.29) is 12.1 Å². The molecule has 0 aliphatic heterocycles. The molecule has 8 nitrogen and oxygen atoms in total. The van der Waals surface area contributed by atoms with E-state index < -0.39 is 26.6 Å². The van der Waals surface area contributed by atoms with Crippen LogP contribution in [-0.2, 0) is 14.8 Å². The van der Waals surface area contributed by atoms with Crippen molar-refractivity contribution in [2.45, 2.75) is 4.90 Å². The molecule has 0 atom stereocenters. The molecule has 150 valence electrons. The highest BCUT2D eigenvalue weighted by Gasteiger charge is 2.20. The van der Waals surface area contributed by atoms with Gasteiger partial charge in [0, 0.05) is 25.3 Å². The number of sulfonamides is 1. The lowest BCUT2D eigenvalue weighted by Gasteiger charge is -2.10. The number of methoxy groups -OCH3 is 1. The van der Waals surface area contributed by atoms with E-state index in [1.165, 1.54) is 18.3 Å². The number of nitrogens with one attached hydrogen (secondary N) is 2. The molecule has 1 aromatic heterocycles. The van der Waals surface area contributed by atoms with E-state index in [1.807, 2.05) is 0 Å². The lowest BCUT2D eigenvalue weighted by atomic mass is 10.2. The minimum atomic E-state index is -4.11. The van der Waals surface area contributed by atoms with Crippen LogP contribution in [-0.4, -0.2) is 46.2 Å². The number of aromatic nitrogens is 1. The van der Waals surface area contributed by atoms with Gasteiger partial charge in [-0.05, 0) is 24.3 Å². The molecule has 10 heteroatoms. The van der Waals surface area contributed by atoms with Gasteiger partial charge in [-0.1, -0.05) is 6.08 Å². The van der Waals surface area contributed by atoms with E-state index in [0.29, 0.717) is 24.8 Å². The molecule has 0 radical (unpaired) electrons.